The minimum Gasteiger partial charge on any atom is -0.345 e. The predicted molar refractivity (Wildman–Crippen MR) is 115 cm³/mol. The minimum atomic E-state index is -3.62. The monoisotopic (exact) mass is 429 g/mol. The number of nitrogens with one attached hydrogen (secondary N) is 1. The number of carbonyl (C=O) groups is 2. The van der Waals surface area contributed by atoms with Crippen molar-refractivity contribution in [2.24, 2.45) is 0 Å². The number of benzene rings is 2. The third-order valence-corrected chi connectivity index (χ3v) is 6.46. The van der Waals surface area contributed by atoms with Crippen LogP contribution in [0.5, 0.6) is 0 Å². The van der Waals surface area contributed by atoms with E-state index in [1.807, 2.05) is 19.1 Å². The second kappa shape index (κ2) is 8.97. The molecule has 0 bridgehead atoms. The van der Waals surface area contributed by atoms with Gasteiger partial charge in [0.25, 0.3) is 11.8 Å². The molecule has 3 rings (SSSR count). The van der Waals surface area contributed by atoms with E-state index in [0.29, 0.717) is 24.2 Å². The van der Waals surface area contributed by atoms with Gasteiger partial charge in [0.2, 0.25) is 10.0 Å². The maximum absolute atomic E-state index is 13.0. The molecule has 1 aliphatic carbocycles. The van der Waals surface area contributed by atoms with Crippen molar-refractivity contribution in [3.8, 4) is 0 Å². The Morgan fingerprint density at radius 3 is 2.23 bits per heavy atom. The van der Waals surface area contributed by atoms with Gasteiger partial charge in [0, 0.05) is 44.4 Å². The summed E-state index contributed by atoms with van der Waals surface area (Å²) in [5.74, 6) is -0.322. The first-order valence-electron chi connectivity index (χ1n) is 9.93. The Labute approximate surface area is 177 Å². The Kier molecular flexibility index (Phi) is 6.58. The highest BCUT2D eigenvalue weighted by molar-refractivity contribution is 7.89. The Bertz CT molecular complexity index is 1030. The summed E-state index contributed by atoms with van der Waals surface area (Å²) >= 11 is 0. The summed E-state index contributed by atoms with van der Waals surface area (Å²) in [6, 6.07) is 13.3. The van der Waals surface area contributed by atoms with Crippen LogP contribution in [0.4, 0.5) is 0 Å². The van der Waals surface area contributed by atoms with Gasteiger partial charge in [0.05, 0.1) is 4.90 Å². The molecule has 0 spiro atoms. The summed E-state index contributed by atoms with van der Waals surface area (Å²) in [4.78, 5) is 28.3. The lowest BCUT2D eigenvalue weighted by atomic mass is 10.1. The zero-order chi connectivity index (χ0) is 21.9. The third kappa shape index (κ3) is 5.25. The number of rotatable bonds is 8. The molecule has 0 radical (unpaired) electrons. The van der Waals surface area contributed by atoms with Crippen LogP contribution in [0.1, 0.15) is 46.0 Å². The van der Waals surface area contributed by atoms with Gasteiger partial charge in [-0.3, -0.25) is 9.59 Å². The van der Waals surface area contributed by atoms with E-state index in [-0.39, 0.29) is 22.8 Å². The molecule has 2 amide bonds. The summed E-state index contributed by atoms with van der Waals surface area (Å²) < 4.78 is 27.5. The molecular formula is C22H27N3O4S. The van der Waals surface area contributed by atoms with E-state index >= 15 is 0 Å². The van der Waals surface area contributed by atoms with Crippen molar-refractivity contribution in [2.45, 2.75) is 37.2 Å². The fourth-order valence-electron chi connectivity index (χ4n) is 3.03. The first kappa shape index (κ1) is 22.0. The average molecular weight is 430 g/mol. The molecule has 1 saturated carbocycles. The van der Waals surface area contributed by atoms with E-state index in [2.05, 4.69) is 4.72 Å². The Morgan fingerprint density at radius 2 is 1.67 bits per heavy atom. The number of hydrogen-bond acceptors (Lipinski definition) is 4. The van der Waals surface area contributed by atoms with Crippen molar-refractivity contribution < 1.29 is 18.0 Å². The van der Waals surface area contributed by atoms with E-state index in [9.17, 15) is 18.0 Å². The molecule has 0 aromatic heterocycles. The van der Waals surface area contributed by atoms with Crippen molar-refractivity contribution in [3.63, 3.8) is 0 Å². The molecule has 0 unspecified atom stereocenters. The first-order chi connectivity index (χ1) is 14.2. The topological polar surface area (TPSA) is 86.8 Å². The van der Waals surface area contributed by atoms with Crippen LogP contribution in [-0.2, 0) is 16.6 Å². The van der Waals surface area contributed by atoms with Crippen molar-refractivity contribution in [1.29, 1.82) is 0 Å². The third-order valence-electron chi connectivity index (χ3n) is 4.94. The quantitative estimate of drug-likeness (QED) is 0.699. The van der Waals surface area contributed by atoms with Gasteiger partial charge >= 0.3 is 0 Å². The van der Waals surface area contributed by atoms with E-state index in [1.54, 1.807) is 43.3 Å². The van der Waals surface area contributed by atoms with Crippen LogP contribution >= 0.6 is 0 Å². The smallest absolute Gasteiger partial charge is 0.254 e. The fourth-order valence-corrected chi connectivity index (χ4v) is 4.38. The van der Waals surface area contributed by atoms with Crippen LogP contribution in [-0.4, -0.2) is 56.7 Å². The van der Waals surface area contributed by atoms with Gasteiger partial charge in [-0.2, -0.15) is 0 Å². The first-order valence-corrected chi connectivity index (χ1v) is 11.4. The molecule has 1 aliphatic rings. The molecular weight excluding hydrogens is 402 g/mol. The van der Waals surface area contributed by atoms with Crippen molar-refractivity contribution >= 4 is 21.8 Å². The maximum atomic E-state index is 13.0. The zero-order valence-electron chi connectivity index (χ0n) is 17.5. The zero-order valence-corrected chi connectivity index (χ0v) is 18.3. The highest BCUT2D eigenvalue weighted by atomic mass is 32.2. The Hall–Kier alpha value is -2.71. The number of nitrogens with zero attached hydrogens (tertiary/aromatic N) is 2. The molecule has 0 aliphatic heterocycles. The van der Waals surface area contributed by atoms with E-state index in [0.717, 1.165) is 18.4 Å². The molecule has 0 saturated heterocycles. The Morgan fingerprint density at radius 1 is 1.00 bits per heavy atom. The molecule has 0 atom stereocenters. The van der Waals surface area contributed by atoms with Crippen LogP contribution in [0.25, 0.3) is 0 Å². The molecule has 2 aromatic carbocycles. The van der Waals surface area contributed by atoms with Gasteiger partial charge in [-0.1, -0.05) is 18.2 Å². The van der Waals surface area contributed by atoms with Gasteiger partial charge in [-0.05, 0) is 55.7 Å². The number of hydrogen-bond donors (Lipinski definition) is 1. The highest BCUT2D eigenvalue weighted by Gasteiger charge is 2.28. The van der Waals surface area contributed by atoms with Crippen LogP contribution in [0.3, 0.4) is 0 Å². The van der Waals surface area contributed by atoms with Gasteiger partial charge in [-0.25, -0.2) is 13.1 Å². The average Bonchev–Trinajstić information content (AvgIpc) is 3.54. The van der Waals surface area contributed by atoms with Gasteiger partial charge in [0.1, 0.15) is 0 Å². The molecule has 7 nitrogen and oxygen atoms in total. The van der Waals surface area contributed by atoms with Gasteiger partial charge in [0.15, 0.2) is 0 Å². The van der Waals surface area contributed by atoms with Crippen molar-refractivity contribution in [2.75, 3.05) is 20.6 Å². The summed E-state index contributed by atoms with van der Waals surface area (Å²) in [7, 11) is -0.228. The van der Waals surface area contributed by atoms with Gasteiger partial charge in [-0.15, -0.1) is 0 Å². The Balaban J connectivity index is 1.74. The molecule has 30 heavy (non-hydrogen) atoms. The summed E-state index contributed by atoms with van der Waals surface area (Å²) in [6.07, 6.45) is 1.70. The standard InChI is InChI=1S/C22H27N3O4S/c1-4-25(15-16-8-10-17(11-9-16)21(26)24(2)3)22(27)18-6-5-7-20(14-18)30(28,29)23-19-12-13-19/h5-11,14,19,23H,4,12-13,15H2,1-3H3. The number of amides is 2. The number of sulfonamides is 1. The van der Waals surface area contributed by atoms with E-state index < -0.39 is 10.0 Å². The minimum absolute atomic E-state index is 0.00356. The van der Waals surface area contributed by atoms with Crippen molar-refractivity contribution in [1.82, 2.24) is 14.5 Å². The number of carbonyl (C=O) groups excluding carboxylic acids is 2. The summed E-state index contributed by atoms with van der Waals surface area (Å²) in [5.41, 5.74) is 1.80. The lowest BCUT2D eigenvalue weighted by Crippen LogP contribution is -2.31. The highest BCUT2D eigenvalue weighted by Crippen LogP contribution is 2.23. The lowest BCUT2D eigenvalue weighted by molar-refractivity contribution is 0.0751. The van der Waals surface area contributed by atoms with Crippen LogP contribution in [0.2, 0.25) is 0 Å². The maximum Gasteiger partial charge on any atom is 0.254 e. The summed E-state index contributed by atoms with van der Waals surface area (Å²) in [5, 5.41) is 0. The van der Waals surface area contributed by atoms with Crippen LogP contribution < -0.4 is 4.72 Å². The second-order valence-corrected chi connectivity index (χ2v) is 9.35. The molecule has 1 N–H and O–H groups in total. The fraction of sp³-hybridized carbons (Fsp3) is 0.364. The molecule has 2 aromatic rings. The normalized spacial score (nSPS) is 13.7. The summed E-state index contributed by atoms with van der Waals surface area (Å²) in [6.45, 7) is 2.70. The lowest BCUT2D eigenvalue weighted by Gasteiger charge is -2.21. The van der Waals surface area contributed by atoms with Gasteiger partial charge < -0.3 is 9.80 Å². The SMILES string of the molecule is CCN(Cc1ccc(C(=O)N(C)C)cc1)C(=O)c1cccc(S(=O)(=O)NC2CC2)c1. The van der Waals surface area contributed by atoms with Crippen LogP contribution in [0, 0.1) is 0 Å². The van der Waals surface area contributed by atoms with Crippen molar-refractivity contribution in [3.05, 3.63) is 65.2 Å². The van der Waals surface area contributed by atoms with E-state index in [1.165, 1.54) is 17.0 Å². The van der Waals surface area contributed by atoms with Crippen LogP contribution in [0.15, 0.2) is 53.4 Å². The molecule has 8 heteroatoms. The second-order valence-electron chi connectivity index (χ2n) is 7.64. The molecule has 1 fully saturated rings. The largest absolute Gasteiger partial charge is 0.345 e. The molecule has 160 valence electrons. The van der Waals surface area contributed by atoms with E-state index in [4.69, 9.17) is 0 Å². The molecule has 0 heterocycles. The predicted octanol–water partition coefficient (Wildman–Crippen LogP) is 2.49.